The molecule has 0 aromatic carbocycles. The minimum atomic E-state index is -0.497. The first-order chi connectivity index (χ1) is 7.58. The maximum Gasteiger partial charge on any atom is 0.350 e. The van der Waals surface area contributed by atoms with E-state index in [2.05, 4.69) is 5.10 Å². The maximum absolute atomic E-state index is 10.7. The number of rotatable bonds is 3. The van der Waals surface area contributed by atoms with Crippen LogP contribution in [0.4, 0.5) is 5.69 Å². The molecule has 0 unspecified atom stereocenters. The quantitative estimate of drug-likeness (QED) is 0.562. The van der Waals surface area contributed by atoms with Crippen LogP contribution in [0.25, 0.3) is 0 Å². The summed E-state index contributed by atoms with van der Waals surface area (Å²) in [6.07, 6.45) is 1.17. The van der Waals surface area contributed by atoms with Gasteiger partial charge in [-0.2, -0.15) is 0 Å². The van der Waals surface area contributed by atoms with Crippen LogP contribution < -0.4 is 4.74 Å². The van der Waals surface area contributed by atoms with E-state index >= 15 is 0 Å². The van der Waals surface area contributed by atoms with E-state index in [1.165, 1.54) is 10.9 Å². The molecular weight excluding hydrogens is 214 g/mol. The normalized spacial score (nSPS) is 24.6. The summed E-state index contributed by atoms with van der Waals surface area (Å²) in [5.41, 5.74) is -0.110. The van der Waals surface area contributed by atoms with Crippen molar-refractivity contribution in [1.82, 2.24) is 9.78 Å². The minimum Gasteiger partial charge on any atom is -0.466 e. The smallest absolute Gasteiger partial charge is 0.350 e. The molecule has 0 radical (unpaired) electrons. The van der Waals surface area contributed by atoms with E-state index in [4.69, 9.17) is 9.47 Å². The molecule has 0 saturated carbocycles. The van der Waals surface area contributed by atoms with E-state index in [1.807, 2.05) is 6.92 Å². The van der Waals surface area contributed by atoms with Crippen molar-refractivity contribution < 1.29 is 14.4 Å². The van der Waals surface area contributed by atoms with Crippen LogP contribution in [0.5, 0.6) is 5.88 Å². The Morgan fingerprint density at radius 1 is 1.69 bits per heavy atom. The van der Waals surface area contributed by atoms with Gasteiger partial charge in [0.05, 0.1) is 18.1 Å². The molecule has 1 fully saturated rings. The molecule has 1 aliphatic rings. The second-order valence-corrected chi connectivity index (χ2v) is 3.92. The first-order valence-electron chi connectivity index (χ1n) is 5.00. The zero-order chi connectivity index (χ0) is 11.7. The zero-order valence-corrected chi connectivity index (χ0v) is 9.12. The molecule has 1 saturated heterocycles. The summed E-state index contributed by atoms with van der Waals surface area (Å²) in [4.78, 5) is 10.2. The first-order valence-corrected chi connectivity index (χ1v) is 5.00. The van der Waals surface area contributed by atoms with E-state index in [0.29, 0.717) is 13.2 Å². The molecule has 7 heteroatoms. The van der Waals surface area contributed by atoms with Crippen LogP contribution in [-0.2, 0) is 11.8 Å². The van der Waals surface area contributed by atoms with Crippen molar-refractivity contribution in [3.05, 3.63) is 16.3 Å². The maximum atomic E-state index is 10.7. The fourth-order valence-electron chi connectivity index (χ4n) is 1.60. The van der Waals surface area contributed by atoms with Crippen LogP contribution in [-0.4, -0.2) is 34.0 Å². The second kappa shape index (κ2) is 4.09. The summed E-state index contributed by atoms with van der Waals surface area (Å²) in [5, 5.41) is 14.7. The third-order valence-electron chi connectivity index (χ3n) is 2.53. The topological polar surface area (TPSA) is 79.4 Å². The number of aryl methyl sites for hydroxylation is 1. The third-order valence-corrected chi connectivity index (χ3v) is 2.53. The van der Waals surface area contributed by atoms with Crippen LogP contribution in [0.2, 0.25) is 0 Å². The Kier molecular flexibility index (Phi) is 2.78. The number of aromatic nitrogens is 2. The molecule has 2 atom stereocenters. The minimum absolute atomic E-state index is 0.0647. The van der Waals surface area contributed by atoms with Crippen LogP contribution in [0, 0.1) is 16.0 Å². The Morgan fingerprint density at radius 2 is 2.44 bits per heavy atom. The lowest BCUT2D eigenvalue weighted by molar-refractivity contribution is -0.386. The Morgan fingerprint density at radius 3 is 3.00 bits per heavy atom. The Bertz CT molecular complexity index is 403. The van der Waals surface area contributed by atoms with Gasteiger partial charge in [0.25, 0.3) is 0 Å². The Balaban J connectivity index is 2.17. The number of hydrogen-bond donors (Lipinski definition) is 0. The SMILES string of the molecule is C[C@@H]1COC[C@H]1Oc1nn(C)cc1[N+](=O)[O-]. The van der Waals surface area contributed by atoms with Crippen molar-refractivity contribution in [2.24, 2.45) is 13.0 Å². The number of hydrogen-bond acceptors (Lipinski definition) is 5. The molecule has 16 heavy (non-hydrogen) atoms. The van der Waals surface area contributed by atoms with Crippen LogP contribution in [0.3, 0.4) is 0 Å². The summed E-state index contributed by atoms with van der Waals surface area (Å²) in [5.74, 6) is 0.288. The van der Waals surface area contributed by atoms with Gasteiger partial charge in [0.1, 0.15) is 12.3 Å². The van der Waals surface area contributed by atoms with Crippen molar-refractivity contribution in [2.75, 3.05) is 13.2 Å². The van der Waals surface area contributed by atoms with Crippen molar-refractivity contribution in [1.29, 1.82) is 0 Å². The zero-order valence-electron chi connectivity index (χ0n) is 9.12. The number of ether oxygens (including phenoxy) is 2. The highest BCUT2D eigenvalue weighted by Crippen LogP contribution is 2.27. The molecular formula is C9H13N3O4. The Labute approximate surface area is 92.1 Å². The summed E-state index contributed by atoms with van der Waals surface area (Å²) in [7, 11) is 1.62. The van der Waals surface area contributed by atoms with Gasteiger partial charge in [0, 0.05) is 13.0 Å². The van der Waals surface area contributed by atoms with Crippen molar-refractivity contribution in [3.8, 4) is 5.88 Å². The standard InChI is InChI=1S/C9H13N3O4/c1-6-4-15-5-8(6)16-9-7(12(13)14)3-11(2)10-9/h3,6,8H,4-5H2,1-2H3/t6-,8-/m1/s1. The van der Waals surface area contributed by atoms with Gasteiger partial charge in [-0.25, -0.2) is 0 Å². The lowest BCUT2D eigenvalue weighted by Gasteiger charge is -2.12. The van der Waals surface area contributed by atoms with Gasteiger partial charge in [-0.1, -0.05) is 6.92 Å². The largest absolute Gasteiger partial charge is 0.466 e. The highest BCUT2D eigenvalue weighted by molar-refractivity contribution is 5.38. The molecule has 0 bridgehead atoms. The highest BCUT2D eigenvalue weighted by Gasteiger charge is 2.30. The summed E-state index contributed by atoms with van der Waals surface area (Å²) >= 11 is 0. The fourth-order valence-corrected chi connectivity index (χ4v) is 1.60. The van der Waals surface area contributed by atoms with E-state index in [-0.39, 0.29) is 23.6 Å². The summed E-state index contributed by atoms with van der Waals surface area (Å²) < 4.78 is 12.1. The Hall–Kier alpha value is -1.63. The van der Waals surface area contributed by atoms with Crippen LogP contribution in [0.15, 0.2) is 6.20 Å². The molecule has 0 amide bonds. The van der Waals surface area contributed by atoms with Gasteiger partial charge in [-0.15, -0.1) is 5.10 Å². The molecule has 0 N–H and O–H groups in total. The third kappa shape index (κ3) is 1.99. The van der Waals surface area contributed by atoms with Gasteiger partial charge in [0.2, 0.25) is 0 Å². The van der Waals surface area contributed by atoms with Crippen LogP contribution >= 0.6 is 0 Å². The number of nitrogens with zero attached hydrogens (tertiary/aromatic N) is 3. The fraction of sp³-hybridized carbons (Fsp3) is 0.667. The lowest BCUT2D eigenvalue weighted by atomic mass is 10.1. The van der Waals surface area contributed by atoms with Gasteiger partial charge >= 0.3 is 11.6 Å². The lowest BCUT2D eigenvalue weighted by Crippen LogP contribution is -2.23. The summed E-state index contributed by atoms with van der Waals surface area (Å²) in [6, 6.07) is 0. The molecule has 1 aromatic rings. The molecule has 88 valence electrons. The summed E-state index contributed by atoms with van der Waals surface area (Å²) in [6.45, 7) is 3.05. The number of nitro groups is 1. The predicted octanol–water partition coefficient (Wildman–Crippen LogP) is 0.742. The highest BCUT2D eigenvalue weighted by atomic mass is 16.6. The van der Waals surface area contributed by atoms with Crippen LogP contribution in [0.1, 0.15) is 6.92 Å². The predicted molar refractivity (Wildman–Crippen MR) is 54.3 cm³/mol. The van der Waals surface area contributed by atoms with Crippen molar-refractivity contribution in [3.63, 3.8) is 0 Å². The first kappa shape index (κ1) is 10.9. The van der Waals surface area contributed by atoms with Crippen molar-refractivity contribution >= 4 is 5.69 Å². The molecule has 0 aliphatic carbocycles. The van der Waals surface area contributed by atoms with Gasteiger partial charge in [-0.05, 0) is 0 Å². The van der Waals surface area contributed by atoms with Crippen molar-refractivity contribution in [2.45, 2.75) is 13.0 Å². The second-order valence-electron chi connectivity index (χ2n) is 3.92. The molecule has 1 aliphatic heterocycles. The van der Waals surface area contributed by atoms with E-state index < -0.39 is 4.92 Å². The van der Waals surface area contributed by atoms with Gasteiger partial charge in [-0.3, -0.25) is 14.8 Å². The van der Waals surface area contributed by atoms with Gasteiger partial charge < -0.3 is 9.47 Å². The molecule has 7 nitrogen and oxygen atoms in total. The average Bonchev–Trinajstić information content (AvgIpc) is 2.75. The van der Waals surface area contributed by atoms with E-state index in [0.717, 1.165) is 0 Å². The molecule has 2 heterocycles. The van der Waals surface area contributed by atoms with E-state index in [9.17, 15) is 10.1 Å². The molecule has 0 spiro atoms. The monoisotopic (exact) mass is 227 g/mol. The van der Waals surface area contributed by atoms with Gasteiger partial charge in [0.15, 0.2) is 0 Å². The average molecular weight is 227 g/mol. The molecule has 1 aromatic heterocycles. The van der Waals surface area contributed by atoms with E-state index in [1.54, 1.807) is 7.05 Å². The molecule has 2 rings (SSSR count).